The molecular formula is C10H8ClFN4O2. The molecule has 0 fully saturated rings. The molecule has 0 radical (unpaired) electrons. The standard InChI is InChI=1S/C10H8ClFN4O2/c11-7-3-1-2-6(9(7)12)10-13-14-15-16(10)5-4-8(17)18/h1-3H,4-5H2,(H,17,18). The number of aryl methyl sites for hydroxylation is 1. The molecule has 0 spiro atoms. The van der Waals surface area contributed by atoms with Gasteiger partial charge in [-0.25, -0.2) is 9.07 Å². The van der Waals surface area contributed by atoms with Crippen molar-refractivity contribution in [3.8, 4) is 11.4 Å². The molecule has 1 aromatic heterocycles. The van der Waals surface area contributed by atoms with Crippen LogP contribution in [-0.2, 0) is 11.3 Å². The second kappa shape index (κ2) is 5.09. The molecule has 0 aliphatic heterocycles. The summed E-state index contributed by atoms with van der Waals surface area (Å²) < 4.78 is 15.0. The van der Waals surface area contributed by atoms with Crippen LogP contribution in [0.1, 0.15) is 6.42 Å². The van der Waals surface area contributed by atoms with Crippen LogP contribution in [0.15, 0.2) is 18.2 Å². The summed E-state index contributed by atoms with van der Waals surface area (Å²) in [5.41, 5.74) is 0.137. The van der Waals surface area contributed by atoms with Crippen molar-refractivity contribution in [3.05, 3.63) is 29.0 Å². The summed E-state index contributed by atoms with van der Waals surface area (Å²) in [4.78, 5) is 10.5. The lowest BCUT2D eigenvalue weighted by molar-refractivity contribution is -0.137. The smallest absolute Gasteiger partial charge is 0.305 e. The number of rotatable bonds is 4. The molecule has 2 rings (SSSR count). The number of nitrogens with zero attached hydrogens (tertiary/aromatic N) is 4. The number of carbonyl (C=O) groups is 1. The van der Waals surface area contributed by atoms with Crippen LogP contribution < -0.4 is 0 Å². The molecule has 94 valence electrons. The minimum atomic E-state index is -0.983. The quantitative estimate of drug-likeness (QED) is 0.913. The molecule has 0 unspecified atom stereocenters. The third-order valence-electron chi connectivity index (χ3n) is 2.26. The van der Waals surface area contributed by atoms with E-state index in [9.17, 15) is 9.18 Å². The van der Waals surface area contributed by atoms with Crippen LogP contribution in [-0.4, -0.2) is 31.3 Å². The van der Waals surface area contributed by atoms with Gasteiger partial charge in [-0.2, -0.15) is 0 Å². The number of benzene rings is 1. The zero-order valence-corrected chi connectivity index (χ0v) is 9.80. The molecule has 1 aromatic carbocycles. The molecule has 0 bridgehead atoms. The van der Waals surface area contributed by atoms with Crippen molar-refractivity contribution in [3.63, 3.8) is 0 Å². The third kappa shape index (κ3) is 2.45. The summed E-state index contributed by atoms with van der Waals surface area (Å²) in [6.45, 7) is 0.0591. The van der Waals surface area contributed by atoms with Gasteiger partial charge in [0.15, 0.2) is 11.6 Å². The fourth-order valence-electron chi connectivity index (χ4n) is 1.43. The van der Waals surface area contributed by atoms with E-state index in [1.54, 1.807) is 6.07 Å². The molecule has 0 saturated carbocycles. The van der Waals surface area contributed by atoms with Crippen molar-refractivity contribution >= 4 is 17.6 Å². The molecule has 0 atom stereocenters. The second-order valence-electron chi connectivity index (χ2n) is 3.47. The van der Waals surface area contributed by atoms with E-state index in [-0.39, 0.29) is 29.4 Å². The maximum atomic E-state index is 13.8. The normalized spacial score (nSPS) is 10.6. The maximum absolute atomic E-state index is 13.8. The van der Waals surface area contributed by atoms with Gasteiger partial charge < -0.3 is 5.11 Å². The molecule has 18 heavy (non-hydrogen) atoms. The van der Waals surface area contributed by atoms with Crippen LogP contribution in [0, 0.1) is 5.82 Å². The molecule has 1 heterocycles. The average molecular weight is 271 g/mol. The molecule has 1 N–H and O–H groups in total. The molecular weight excluding hydrogens is 263 g/mol. The van der Waals surface area contributed by atoms with Gasteiger partial charge in [-0.1, -0.05) is 17.7 Å². The number of hydrogen-bond acceptors (Lipinski definition) is 4. The Labute approximate surface area is 106 Å². The Bertz CT molecular complexity index is 587. The van der Waals surface area contributed by atoms with Crippen LogP contribution in [0.25, 0.3) is 11.4 Å². The van der Waals surface area contributed by atoms with Crippen molar-refractivity contribution < 1.29 is 14.3 Å². The van der Waals surface area contributed by atoms with Crippen molar-refractivity contribution in [2.24, 2.45) is 0 Å². The zero-order valence-electron chi connectivity index (χ0n) is 9.05. The monoisotopic (exact) mass is 270 g/mol. The molecule has 2 aromatic rings. The topological polar surface area (TPSA) is 80.9 Å². The van der Waals surface area contributed by atoms with Crippen LogP contribution in [0.5, 0.6) is 0 Å². The Morgan fingerprint density at radius 3 is 3.00 bits per heavy atom. The minimum absolute atomic E-state index is 0.0414. The van der Waals surface area contributed by atoms with E-state index in [0.717, 1.165) is 0 Å². The van der Waals surface area contributed by atoms with E-state index in [4.69, 9.17) is 16.7 Å². The lowest BCUT2D eigenvalue weighted by atomic mass is 10.2. The van der Waals surface area contributed by atoms with Crippen LogP contribution >= 0.6 is 11.6 Å². The Kier molecular flexibility index (Phi) is 3.52. The number of halogens is 2. The predicted octanol–water partition coefficient (Wildman–Crippen LogP) is 1.61. The minimum Gasteiger partial charge on any atom is -0.481 e. The fraction of sp³-hybridized carbons (Fsp3) is 0.200. The highest BCUT2D eigenvalue weighted by Gasteiger charge is 2.15. The summed E-state index contributed by atoms with van der Waals surface area (Å²) in [5, 5.41) is 19.3. The van der Waals surface area contributed by atoms with Gasteiger partial charge in [0.2, 0.25) is 0 Å². The van der Waals surface area contributed by atoms with Gasteiger partial charge in [0.05, 0.1) is 23.6 Å². The van der Waals surface area contributed by atoms with Crippen LogP contribution in [0.4, 0.5) is 4.39 Å². The van der Waals surface area contributed by atoms with Crippen molar-refractivity contribution in [2.45, 2.75) is 13.0 Å². The zero-order chi connectivity index (χ0) is 13.1. The number of tetrazole rings is 1. The van der Waals surface area contributed by atoms with Gasteiger partial charge in [-0.15, -0.1) is 5.10 Å². The number of aliphatic carboxylic acids is 1. The van der Waals surface area contributed by atoms with Gasteiger partial charge in [0.25, 0.3) is 0 Å². The first kappa shape index (κ1) is 12.4. The SMILES string of the molecule is O=C(O)CCn1nnnc1-c1cccc(Cl)c1F. The first-order valence-electron chi connectivity index (χ1n) is 5.02. The highest BCUT2D eigenvalue weighted by atomic mass is 35.5. The Hall–Kier alpha value is -2.02. The van der Waals surface area contributed by atoms with Crippen molar-refractivity contribution in [2.75, 3.05) is 0 Å². The summed E-state index contributed by atoms with van der Waals surface area (Å²) in [6, 6.07) is 4.45. The predicted molar refractivity (Wildman–Crippen MR) is 60.5 cm³/mol. The lowest BCUT2D eigenvalue weighted by Crippen LogP contribution is -2.08. The van der Waals surface area contributed by atoms with Crippen LogP contribution in [0.3, 0.4) is 0 Å². The van der Waals surface area contributed by atoms with Crippen molar-refractivity contribution in [1.82, 2.24) is 20.2 Å². The molecule has 0 amide bonds. The molecule has 6 nitrogen and oxygen atoms in total. The van der Waals surface area contributed by atoms with E-state index in [0.29, 0.717) is 0 Å². The lowest BCUT2D eigenvalue weighted by Gasteiger charge is -2.04. The van der Waals surface area contributed by atoms with E-state index >= 15 is 0 Å². The van der Waals surface area contributed by atoms with Crippen LogP contribution in [0.2, 0.25) is 5.02 Å². The van der Waals surface area contributed by atoms with Gasteiger partial charge in [-0.05, 0) is 22.6 Å². The summed E-state index contributed by atoms with van der Waals surface area (Å²) in [5.74, 6) is -1.47. The average Bonchev–Trinajstić information content (AvgIpc) is 2.78. The van der Waals surface area contributed by atoms with Crippen molar-refractivity contribution in [1.29, 1.82) is 0 Å². The fourth-order valence-corrected chi connectivity index (χ4v) is 1.60. The maximum Gasteiger partial charge on any atom is 0.305 e. The summed E-state index contributed by atoms with van der Waals surface area (Å²) in [7, 11) is 0. The van der Waals surface area contributed by atoms with E-state index in [2.05, 4.69) is 15.5 Å². The Balaban J connectivity index is 2.36. The molecule has 0 aliphatic carbocycles. The number of carboxylic acid groups (broad SMARTS) is 1. The van der Waals surface area contributed by atoms with Gasteiger partial charge in [0, 0.05) is 0 Å². The van der Waals surface area contributed by atoms with E-state index in [1.807, 2.05) is 0 Å². The Morgan fingerprint density at radius 2 is 2.28 bits per heavy atom. The summed E-state index contributed by atoms with van der Waals surface area (Å²) >= 11 is 5.66. The molecule has 8 heteroatoms. The number of hydrogen-bond donors (Lipinski definition) is 1. The highest BCUT2D eigenvalue weighted by molar-refractivity contribution is 6.31. The highest BCUT2D eigenvalue weighted by Crippen LogP contribution is 2.25. The van der Waals surface area contributed by atoms with Gasteiger partial charge in [-0.3, -0.25) is 4.79 Å². The Morgan fingerprint density at radius 1 is 1.50 bits per heavy atom. The number of aromatic nitrogens is 4. The molecule has 0 saturated heterocycles. The van der Waals surface area contributed by atoms with E-state index in [1.165, 1.54) is 16.8 Å². The summed E-state index contributed by atoms with van der Waals surface area (Å²) in [6.07, 6.45) is -0.153. The number of carboxylic acids is 1. The largest absolute Gasteiger partial charge is 0.481 e. The molecule has 0 aliphatic rings. The first-order valence-corrected chi connectivity index (χ1v) is 5.39. The van der Waals surface area contributed by atoms with Gasteiger partial charge in [0.1, 0.15) is 0 Å². The second-order valence-corrected chi connectivity index (χ2v) is 3.88. The van der Waals surface area contributed by atoms with E-state index < -0.39 is 11.8 Å². The first-order chi connectivity index (χ1) is 8.59. The van der Waals surface area contributed by atoms with Gasteiger partial charge >= 0.3 is 5.97 Å². The third-order valence-corrected chi connectivity index (χ3v) is 2.55.